The number of aryl methyl sites for hydroxylation is 2. The number of hydrogen-bond acceptors (Lipinski definition) is 5. The summed E-state index contributed by atoms with van der Waals surface area (Å²) in [6, 6.07) is 18.8. The van der Waals surface area contributed by atoms with Crippen molar-refractivity contribution in [1.29, 1.82) is 5.26 Å². The van der Waals surface area contributed by atoms with E-state index >= 15 is 0 Å². The minimum absolute atomic E-state index is 0.120. The second-order valence-corrected chi connectivity index (χ2v) is 8.52. The standard InChI is InChI=1S/C24H18ClN3O3S/c1-15-3-7-20(11-16(15)2)27-24(29)18(14-26)12-17-4-10-23(22(13-17)28(30)31)32-21-8-5-19(25)6-9-21/h3-13H,1-2H3,(H,27,29). The quantitative estimate of drug-likeness (QED) is 0.193. The lowest BCUT2D eigenvalue weighted by molar-refractivity contribution is -0.387. The van der Waals surface area contributed by atoms with E-state index in [2.05, 4.69) is 5.32 Å². The zero-order chi connectivity index (χ0) is 23.3. The van der Waals surface area contributed by atoms with Crippen molar-refractivity contribution < 1.29 is 9.72 Å². The molecule has 0 atom stereocenters. The summed E-state index contributed by atoms with van der Waals surface area (Å²) >= 11 is 7.12. The highest BCUT2D eigenvalue weighted by Gasteiger charge is 2.17. The van der Waals surface area contributed by atoms with Gasteiger partial charge in [-0.05, 0) is 79.1 Å². The van der Waals surface area contributed by atoms with E-state index < -0.39 is 10.8 Å². The summed E-state index contributed by atoms with van der Waals surface area (Å²) in [5.41, 5.74) is 2.77. The highest BCUT2D eigenvalue weighted by molar-refractivity contribution is 7.99. The number of benzene rings is 3. The number of nitro benzene ring substituents is 1. The monoisotopic (exact) mass is 463 g/mol. The number of hydrogen-bond donors (Lipinski definition) is 1. The molecule has 0 saturated carbocycles. The fourth-order valence-electron chi connectivity index (χ4n) is 2.82. The van der Waals surface area contributed by atoms with Crippen LogP contribution in [0, 0.1) is 35.3 Å². The molecule has 3 aromatic carbocycles. The second-order valence-electron chi connectivity index (χ2n) is 6.96. The van der Waals surface area contributed by atoms with E-state index in [4.69, 9.17) is 11.6 Å². The van der Waals surface area contributed by atoms with E-state index in [9.17, 15) is 20.2 Å². The number of anilines is 1. The Kier molecular flexibility index (Phi) is 7.31. The predicted molar refractivity (Wildman–Crippen MR) is 127 cm³/mol. The number of carbonyl (C=O) groups excluding carboxylic acids is 1. The van der Waals surface area contributed by atoms with Crippen LogP contribution in [0.25, 0.3) is 6.08 Å². The molecule has 0 unspecified atom stereocenters. The molecule has 0 spiro atoms. The van der Waals surface area contributed by atoms with Gasteiger partial charge < -0.3 is 5.32 Å². The normalized spacial score (nSPS) is 11.0. The minimum Gasteiger partial charge on any atom is -0.321 e. The molecule has 0 heterocycles. The molecular formula is C24H18ClN3O3S. The Morgan fingerprint density at radius 1 is 1.09 bits per heavy atom. The van der Waals surface area contributed by atoms with Gasteiger partial charge in [0.15, 0.2) is 0 Å². The van der Waals surface area contributed by atoms with Gasteiger partial charge in [-0.3, -0.25) is 14.9 Å². The molecule has 0 aliphatic heterocycles. The van der Waals surface area contributed by atoms with Crippen LogP contribution in [0.15, 0.2) is 76.0 Å². The first kappa shape index (κ1) is 23.1. The van der Waals surface area contributed by atoms with Crippen LogP contribution < -0.4 is 5.32 Å². The first-order chi connectivity index (χ1) is 15.3. The fourth-order valence-corrected chi connectivity index (χ4v) is 3.84. The van der Waals surface area contributed by atoms with Crippen LogP contribution in [0.5, 0.6) is 0 Å². The van der Waals surface area contributed by atoms with Crippen molar-refractivity contribution in [2.24, 2.45) is 0 Å². The molecule has 0 aliphatic carbocycles. The van der Waals surface area contributed by atoms with Crippen LogP contribution >= 0.6 is 23.4 Å². The van der Waals surface area contributed by atoms with E-state index in [1.165, 1.54) is 23.9 Å². The Morgan fingerprint density at radius 3 is 2.44 bits per heavy atom. The van der Waals surface area contributed by atoms with Crippen molar-refractivity contribution in [3.63, 3.8) is 0 Å². The van der Waals surface area contributed by atoms with Crippen LogP contribution in [0.1, 0.15) is 16.7 Å². The molecule has 6 nitrogen and oxygen atoms in total. The molecule has 1 N–H and O–H groups in total. The van der Waals surface area contributed by atoms with Crippen LogP contribution in [0.2, 0.25) is 5.02 Å². The Bertz CT molecular complexity index is 1260. The van der Waals surface area contributed by atoms with Crippen LogP contribution in [0.4, 0.5) is 11.4 Å². The van der Waals surface area contributed by atoms with Crippen molar-refractivity contribution in [3.8, 4) is 6.07 Å². The minimum atomic E-state index is -0.585. The van der Waals surface area contributed by atoms with Gasteiger partial charge in [0.1, 0.15) is 11.6 Å². The molecule has 0 aliphatic rings. The van der Waals surface area contributed by atoms with Crippen molar-refractivity contribution >= 4 is 46.7 Å². The smallest absolute Gasteiger partial charge is 0.283 e. The van der Waals surface area contributed by atoms with Crippen LogP contribution in [-0.2, 0) is 4.79 Å². The maximum Gasteiger partial charge on any atom is 0.283 e. The summed E-state index contributed by atoms with van der Waals surface area (Å²) in [5, 5.41) is 24.3. The zero-order valence-electron chi connectivity index (χ0n) is 17.3. The first-order valence-electron chi connectivity index (χ1n) is 9.49. The van der Waals surface area contributed by atoms with Crippen molar-refractivity contribution in [1.82, 2.24) is 0 Å². The van der Waals surface area contributed by atoms with Gasteiger partial charge in [-0.15, -0.1) is 0 Å². The summed E-state index contributed by atoms with van der Waals surface area (Å²) in [5.74, 6) is -0.585. The third kappa shape index (κ3) is 5.76. The van der Waals surface area contributed by atoms with E-state index in [0.717, 1.165) is 16.0 Å². The third-order valence-electron chi connectivity index (χ3n) is 4.66. The predicted octanol–water partition coefficient (Wildman–Crippen LogP) is 6.56. The maximum absolute atomic E-state index is 12.5. The topological polar surface area (TPSA) is 96.0 Å². The highest BCUT2D eigenvalue weighted by atomic mass is 35.5. The Hall–Kier alpha value is -3.60. The van der Waals surface area contributed by atoms with E-state index in [1.54, 1.807) is 42.5 Å². The Balaban J connectivity index is 1.86. The lowest BCUT2D eigenvalue weighted by Crippen LogP contribution is -2.13. The number of nitrogens with one attached hydrogen (secondary N) is 1. The van der Waals surface area contributed by atoms with Gasteiger partial charge in [-0.1, -0.05) is 35.5 Å². The third-order valence-corrected chi connectivity index (χ3v) is 5.99. The molecule has 1 amide bonds. The molecule has 0 saturated heterocycles. The first-order valence-corrected chi connectivity index (χ1v) is 10.7. The summed E-state index contributed by atoms with van der Waals surface area (Å²) in [6.07, 6.45) is 1.33. The number of nitro groups is 1. The largest absolute Gasteiger partial charge is 0.321 e. The van der Waals surface area contributed by atoms with Gasteiger partial charge in [-0.25, -0.2) is 0 Å². The SMILES string of the molecule is Cc1ccc(NC(=O)C(C#N)=Cc2ccc(Sc3ccc(Cl)cc3)c([N+](=O)[O-])c2)cc1C. The van der Waals surface area contributed by atoms with Gasteiger partial charge in [-0.2, -0.15) is 5.26 Å². The van der Waals surface area contributed by atoms with Gasteiger partial charge in [0.25, 0.3) is 11.6 Å². The molecule has 32 heavy (non-hydrogen) atoms. The summed E-state index contributed by atoms with van der Waals surface area (Å²) in [7, 11) is 0. The molecule has 0 fully saturated rings. The number of nitrogens with zero attached hydrogens (tertiary/aromatic N) is 2. The van der Waals surface area contributed by atoms with E-state index in [-0.39, 0.29) is 11.3 Å². The van der Waals surface area contributed by atoms with Gasteiger partial charge in [0.05, 0.1) is 9.82 Å². The van der Waals surface area contributed by atoms with Gasteiger partial charge >= 0.3 is 0 Å². The zero-order valence-corrected chi connectivity index (χ0v) is 18.8. The van der Waals surface area contributed by atoms with E-state index in [1.807, 2.05) is 32.0 Å². The highest BCUT2D eigenvalue weighted by Crippen LogP contribution is 2.36. The number of amides is 1. The van der Waals surface area contributed by atoms with Gasteiger partial charge in [0, 0.05) is 21.7 Å². The van der Waals surface area contributed by atoms with Crippen LogP contribution in [-0.4, -0.2) is 10.8 Å². The number of rotatable bonds is 6. The molecule has 0 radical (unpaired) electrons. The van der Waals surface area contributed by atoms with Crippen molar-refractivity contribution in [3.05, 3.63) is 98.1 Å². The lowest BCUT2D eigenvalue weighted by atomic mass is 10.1. The van der Waals surface area contributed by atoms with Gasteiger partial charge in [0.2, 0.25) is 0 Å². The second kappa shape index (κ2) is 10.1. The number of halogens is 1. The average molecular weight is 464 g/mol. The van der Waals surface area contributed by atoms with Crippen molar-refractivity contribution in [2.45, 2.75) is 23.6 Å². The maximum atomic E-state index is 12.5. The molecule has 0 aromatic heterocycles. The molecule has 8 heteroatoms. The van der Waals surface area contributed by atoms with Crippen LogP contribution in [0.3, 0.4) is 0 Å². The Labute approximate surface area is 194 Å². The molecule has 0 bridgehead atoms. The number of carbonyl (C=O) groups is 1. The lowest BCUT2D eigenvalue weighted by Gasteiger charge is -2.07. The fraction of sp³-hybridized carbons (Fsp3) is 0.0833. The molecule has 3 aromatic rings. The summed E-state index contributed by atoms with van der Waals surface area (Å²) in [4.78, 5) is 24.9. The summed E-state index contributed by atoms with van der Waals surface area (Å²) < 4.78 is 0. The molecular weight excluding hydrogens is 446 g/mol. The van der Waals surface area contributed by atoms with Crippen molar-refractivity contribution in [2.75, 3.05) is 5.32 Å². The molecule has 160 valence electrons. The number of nitriles is 1. The summed E-state index contributed by atoms with van der Waals surface area (Å²) in [6.45, 7) is 3.89. The average Bonchev–Trinajstić information content (AvgIpc) is 2.76. The Morgan fingerprint density at radius 2 is 1.81 bits per heavy atom. The molecule has 3 rings (SSSR count). The van der Waals surface area contributed by atoms with E-state index in [0.29, 0.717) is 21.2 Å².